The zero-order chi connectivity index (χ0) is 19.3. The molecule has 7 heteroatoms. The highest BCUT2D eigenvalue weighted by Crippen LogP contribution is 2.33. The van der Waals surface area contributed by atoms with Gasteiger partial charge in [-0.3, -0.25) is 4.79 Å². The summed E-state index contributed by atoms with van der Waals surface area (Å²) < 4.78 is 15.6. The van der Waals surface area contributed by atoms with Crippen molar-refractivity contribution >= 4 is 28.2 Å². The molecule has 0 bridgehead atoms. The topological polar surface area (TPSA) is 73.9 Å². The molecule has 6 nitrogen and oxygen atoms in total. The van der Waals surface area contributed by atoms with Gasteiger partial charge in [-0.2, -0.15) is 0 Å². The number of methoxy groups -OCH3 is 2. The Kier molecular flexibility index (Phi) is 6.63. The number of esters is 1. The predicted octanol–water partition coefficient (Wildman–Crippen LogP) is 3.74. The van der Waals surface area contributed by atoms with Crippen LogP contribution in [0, 0.1) is 13.8 Å². The second kappa shape index (κ2) is 8.71. The van der Waals surface area contributed by atoms with Crippen LogP contribution in [0.5, 0.6) is 11.5 Å². The molecule has 1 N–H and O–H groups in total. The third kappa shape index (κ3) is 4.35. The Morgan fingerprint density at radius 3 is 2.50 bits per heavy atom. The number of amides is 1. The number of carbonyl (C=O) groups is 2. The molecule has 0 aliphatic carbocycles. The van der Waals surface area contributed by atoms with E-state index in [1.807, 2.05) is 13.8 Å². The van der Waals surface area contributed by atoms with Gasteiger partial charge in [0, 0.05) is 16.5 Å². The van der Waals surface area contributed by atoms with E-state index in [9.17, 15) is 9.59 Å². The van der Waals surface area contributed by atoms with Crippen LogP contribution in [0.25, 0.3) is 0 Å². The second-order valence-corrected chi connectivity index (χ2v) is 6.84. The fourth-order valence-electron chi connectivity index (χ4n) is 2.51. The number of hydrogen-bond donors (Lipinski definition) is 1. The Hall–Kier alpha value is -2.54. The highest BCUT2D eigenvalue weighted by molar-refractivity contribution is 7.16. The number of anilines is 1. The van der Waals surface area contributed by atoms with Gasteiger partial charge in [0.2, 0.25) is 5.91 Å². The standard InChI is InChI=1S/C19H23NO5S/c1-6-25-19(22)17-11(2)12(3)26-18(17)20-16(21)9-13-7-8-14(23-4)10-15(13)24-5/h7-8,10H,6,9H2,1-5H3,(H,20,21). The second-order valence-electron chi connectivity index (χ2n) is 5.61. The summed E-state index contributed by atoms with van der Waals surface area (Å²) >= 11 is 1.37. The van der Waals surface area contributed by atoms with Gasteiger partial charge in [0.25, 0.3) is 0 Å². The van der Waals surface area contributed by atoms with Crippen LogP contribution in [0.1, 0.15) is 33.3 Å². The number of thiophene rings is 1. The molecule has 2 rings (SSSR count). The van der Waals surface area contributed by atoms with Gasteiger partial charge in [-0.15, -0.1) is 11.3 Å². The number of benzene rings is 1. The molecule has 0 atom stereocenters. The van der Waals surface area contributed by atoms with Gasteiger partial charge < -0.3 is 19.5 Å². The molecule has 0 aliphatic heterocycles. The van der Waals surface area contributed by atoms with Crippen LogP contribution in [0.15, 0.2) is 18.2 Å². The molecule has 0 unspecified atom stereocenters. The molecule has 1 heterocycles. The van der Waals surface area contributed by atoms with Crippen LogP contribution in [0.4, 0.5) is 5.00 Å². The van der Waals surface area contributed by atoms with Crippen LogP contribution in [0.2, 0.25) is 0 Å². The number of hydrogen-bond acceptors (Lipinski definition) is 6. The summed E-state index contributed by atoms with van der Waals surface area (Å²) in [4.78, 5) is 25.7. The molecular weight excluding hydrogens is 354 g/mol. The summed E-state index contributed by atoms with van der Waals surface area (Å²) in [5.41, 5.74) is 1.98. The largest absolute Gasteiger partial charge is 0.497 e. The smallest absolute Gasteiger partial charge is 0.341 e. The number of carbonyl (C=O) groups excluding carboxylic acids is 2. The van der Waals surface area contributed by atoms with Gasteiger partial charge >= 0.3 is 5.97 Å². The maximum absolute atomic E-state index is 12.5. The van der Waals surface area contributed by atoms with Crippen molar-refractivity contribution in [3.05, 3.63) is 39.8 Å². The first-order valence-corrected chi connectivity index (χ1v) is 9.00. The molecule has 1 aromatic carbocycles. The lowest BCUT2D eigenvalue weighted by Gasteiger charge is -2.11. The first kappa shape index (κ1) is 19.8. The van der Waals surface area contributed by atoms with Gasteiger partial charge in [0.1, 0.15) is 16.5 Å². The van der Waals surface area contributed by atoms with E-state index in [0.29, 0.717) is 22.1 Å². The number of rotatable bonds is 7. The van der Waals surface area contributed by atoms with E-state index in [0.717, 1.165) is 16.0 Å². The van der Waals surface area contributed by atoms with Gasteiger partial charge in [-0.05, 0) is 32.4 Å². The highest BCUT2D eigenvalue weighted by atomic mass is 32.1. The number of aryl methyl sites for hydroxylation is 1. The normalized spacial score (nSPS) is 10.3. The minimum atomic E-state index is -0.424. The molecule has 140 valence electrons. The van der Waals surface area contributed by atoms with E-state index in [1.165, 1.54) is 11.3 Å². The SMILES string of the molecule is CCOC(=O)c1c(NC(=O)Cc2ccc(OC)cc2OC)sc(C)c1C. The van der Waals surface area contributed by atoms with Crippen molar-refractivity contribution in [2.45, 2.75) is 27.2 Å². The Morgan fingerprint density at radius 2 is 1.88 bits per heavy atom. The minimum Gasteiger partial charge on any atom is -0.497 e. The Balaban J connectivity index is 2.21. The third-order valence-electron chi connectivity index (χ3n) is 3.96. The maximum Gasteiger partial charge on any atom is 0.341 e. The van der Waals surface area contributed by atoms with Crippen molar-refractivity contribution < 1.29 is 23.8 Å². The summed E-state index contributed by atoms with van der Waals surface area (Å²) in [7, 11) is 3.11. The molecule has 1 aromatic heterocycles. The average molecular weight is 377 g/mol. The molecule has 26 heavy (non-hydrogen) atoms. The van der Waals surface area contributed by atoms with E-state index in [-0.39, 0.29) is 18.9 Å². The van der Waals surface area contributed by atoms with Crippen LogP contribution >= 0.6 is 11.3 Å². The van der Waals surface area contributed by atoms with E-state index < -0.39 is 5.97 Å². The lowest BCUT2D eigenvalue weighted by molar-refractivity contribution is -0.115. The molecular formula is C19H23NO5S. The van der Waals surface area contributed by atoms with Gasteiger partial charge in [-0.1, -0.05) is 6.07 Å². The number of nitrogens with one attached hydrogen (secondary N) is 1. The van der Waals surface area contributed by atoms with Crippen LogP contribution < -0.4 is 14.8 Å². The van der Waals surface area contributed by atoms with Gasteiger partial charge in [0.15, 0.2) is 0 Å². The quantitative estimate of drug-likeness (QED) is 0.744. The van der Waals surface area contributed by atoms with Crippen molar-refractivity contribution in [2.24, 2.45) is 0 Å². The Bertz CT molecular complexity index is 813. The van der Waals surface area contributed by atoms with E-state index in [2.05, 4.69) is 5.32 Å². The zero-order valence-corrected chi connectivity index (χ0v) is 16.4. The number of ether oxygens (including phenoxy) is 3. The van der Waals surface area contributed by atoms with Gasteiger partial charge in [0.05, 0.1) is 32.8 Å². The molecule has 0 aliphatic rings. The van der Waals surface area contributed by atoms with E-state index in [4.69, 9.17) is 14.2 Å². The van der Waals surface area contributed by atoms with E-state index in [1.54, 1.807) is 39.3 Å². The Labute approximate surface area is 157 Å². The zero-order valence-electron chi connectivity index (χ0n) is 15.6. The fourth-order valence-corrected chi connectivity index (χ4v) is 3.57. The van der Waals surface area contributed by atoms with Crippen molar-refractivity contribution in [1.82, 2.24) is 0 Å². The summed E-state index contributed by atoms with van der Waals surface area (Å²) in [6.45, 7) is 5.79. The van der Waals surface area contributed by atoms with Crippen molar-refractivity contribution in [2.75, 3.05) is 26.1 Å². The highest BCUT2D eigenvalue weighted by Gasteiger charge is 2.22. The maximum atomic E-state index is 12.5. The van der Waals surface area contributed by atoms with Crippen molar-refractivity contribution in [3.8, 4) is 11.5 Å². The first-order valence-electron chi connectivity index (χ1n) is 8.19. The average Bonchev–Trinajstić information content (AvgIpc) is 2.89. The summed E-state index contributed by atoms with van der Waals surface area (Å²) in [5, 5.41) is 3.34. The summed E-state index contributed by atoms with van der Waals surface area (Å²) in [6.07, 6.45) is 0.116. The van der Waals surface area contributed by atoms with Crippen LogP contribution in [-0.4, -0.2) is 32.7 Å². The molecule has 0 radical (unpaired) electrons. The molecule has 2 aromatic rings. The monoisotopic (exact) mass is 377 g/mol. The van der Waals surface area contributed by atoms with Gasteiger partial charge in [-0.25, -0.2) is 4.79 Å². The fraction of sp³-hybridized carbons (Fsp3) is 0.368. The van der Waals surface area contributed by atoms with E-state index >= 15 is 0 Å². The van der Waals surface area contributed by atoms with Crippen molar-refractivity contribution in [3.63, 3.8) is 0 Å². The first-order chi connectivity index (χ1) is 12.4. The van der Waals surface area contributed by atoms with Crippen LogP contribution in [-0.2, 0) is 16.0 Å². The Morgan fingerprint density at radius 1 is 1.15 bits per heavy atom. The lowest BCUT2D eigenvalue weighted by Crippen LogP contribution is -2.17. The summed E-state index contributed by atoms with van der Waals surface area (Å²) in [5.74, 6) is 0.565. The van der Waals surface area contributed by atoms with Crippen molar-refractivity contribution in [1.29, 1.82) is 0 Å². The molecule has 0 saturated carbocycles. The molecule has 0 saturated heterocycles. The molecule has 1 amide bonds. The van der Waals surface area contributed by atoms with Crippen LogP contribution in [0.3, 0.4) is 0 Å². The molecule has 0 spiro atoms. The lowest BCUT2D eigenvalue weighted by atomic mass is 10.1. The third-order valence-corrected chi connectivity index (χ3v) is 5.09. The summed E-state index contributed by atoms with van der Waals surface area (Å²) in [6, 6.07) is 5.29. The predicted molar refractivity (Wildman–Crippen MR) is 102 cm³/mol. The molecule has 0 fully saturated rings. The minimum absolute atomic E-state index is 0.116.